The second-order valence-electron chi connectivity index (χ2n) is 7.50. The van der Waals surface area contributed by atoms with Crippen LogP contribution in [0.1, 0.15) is 27.5 Å². The van der Waals surface area contributed by atoms with Gasteiger partial charge in [-0.1, -0.05) is 41.9 Å². The lowest BCUT2D eigenvalue weighted by atomic mass is 9.88. The molecule has 1 aliphatic heterocycles. The highest BCUT2D eigenvalue weighted by Gasteiger charge is 2.52. The van der Waals surface area contributed by atoms with Gasteiger partial charge in [0.1, 0.15) is 11.8 Å². The van der Waals surface area contributed by atoms with E-state index in [9.17, 15) is 24.8 Å². The largest absolute Gasteiger partial charge is 0.478 e. The molecule has 1 fully saturated rings. The number of para-hydroxylation sites is 1. The number of carbonyl (C=O) groups is 2. The van der Waals surface area contributed by atoms with Crippen molar-refractivity contribution in [1.29, 1.82) is 0 Å². The van der Waals surface area contributed by atoms with E-state index in [1.54, 1.807) is 60.7 Å². The highest BCUT2D eigenvalue weighted by Crippen LogP contribution is 2.41. The first kappa shape index (κ1) is 22.3. The molecule has 168 valence electrons. The number of nitro groups is 1. The third-order valence-corrected chi connectivity index (χ3v) is 5.80. The summed E-state index contributed by atoms with van der Waals surface area (Å²) in [7, 11) is 0. The SMILES string of the molecule is O=C(O)c1ccccc1CCN1C(=O)C(Oc2ccc(Cl)cc2)C1c1ccccc1[N+](=O)[O-]. The zero-order chi connectivity index (χ0) is 23.5. The first-order chi connectivity index (χ1) is 15.9. The number of β-lactam (4-membered cyclic amide) rings is 1. The Balaban J connectivity index is 1.63. The number of aromatic carboxylic acids is 1. The van der Waals surface area contributed by atoms with Crippen molar-refractivity contribution in [3.05, 3.63) is 105 Å². The summed E-state index contributed by atoms with van der Waals surface area (Å²) in [5, 5.41) is 21.6. The Morgan fingerprint density at radius 1 is 1.06 bits per heavy atom. The molecule has 1 N–H and O–H groups in total. The van der Waals surface area contributed by atoms with E-state index in [4.69, 9.17) is 16.3 Å². The first-order valence-electron chi connectivity index (χ1n) is 10.1. The topological polar surface area (TPSA) is 110 Å². The van der Waals surface area contributed by atoms with Crippen molar-refractivity contribution >= 4 is 29.2 Å². The van der Waals surface area contributed by atoms with Gasteiger partial charge in [0.25, 0.3) is 11.6 Å². The molecule has 0 aromatic heterocycles. The standard InChI is InChI=1S/C24H19ClN2O6/c25-16-9-11-17(12-10-16)33-22-21(19-7-3-4-8-20(19)27(31)32)26(23(22)28)14-13-15-5-1-2-6-18(15)24(29)30/h1-12,21-22H,13-14H2,(H,29,30). The van der Waals surface area contributed by atoms with Crippen molar-refractivity contribution < 1.29 is 24.4 Å². The van der Waals surface area contributed by atoms with Gasteiger partial charge in [-0.3, -0.25) is 14.9 Å². The van der Waals surface area contributed by atoms with Crippen LogP contribution < -0.4 is 4.74 Å². The van der Waals surface area contributed by atoms with Crippen molar-refractivity contribution in [3.63, 3.8) is 0 Å². The molecule has 1 heterocycles. The molecule has 33 heavy (non-hydrogen) atoms. The summed E-state index contributed by atoms with van der Waals surface area (Å²) < 4.78 is 5.90. The average molecular weight is 467 g/mol. The van der Waals surface area contributed by atoms with Crippen LogP contribution in [-0.4, -0.2) is 39.5 Å². The maximum Gasteiger partial charge on any atom is 0.335 e. The fraction of sp³-hybridized carbons (Fsp3) is 0.167. The van der Waals surface area contributed by atoms with Crippen molar-refractivity contribution in [1.82, 2.24) is 4.90 Å². The molecular formula is C24H19ClN2O6. The van der Waals surface area contributed by atoms with Gasteiger partial charge in [0, 0.05) is 17.6 Å². The van der Waals surface area contributed by atoms with Crippen LogP contribution in [0, 0.1) is 10.1 Å². The van der Waals surface area contributed by atoms with Gasteiger partial charge >= 0.3 is 5.97 Å². The minimum absolute atomic E-state index is 0.115. The molecule has 1 saturated heterocycles. The summed E-state index contributed by atoms with van der Waals surface area (Å²) >= 11 is 5.92. The lowest BCUT2D eigenvalue weighted by molar-refractivity contribution is -0.386. The lowest BCUT2D eigenvalue weighted by Gasteiger charge is -2.46. The Bertz CT molecular complexity index is 1210. The van der Waals surface area contributed by atoms with E-state index in [1.807, 2.05) is 0 Å². The number of hydrogen-bond donors (Lipinski definition) is 1. The zero-order valence-corrected chi connectivity index (χ0v) is 18.0. The molecule has 0 spiro atoms. The average Bonchev–Trinajstić information content (AvgIpc) is 2.81. The lowest BCUT2D eigenvalue weighted by Crippen LogP contribution is -2.61. The first-order valence-corrected chi connectivity index (χ1v) is 10.5. The maximum atomic E-state index is 13.0. The number of carbonyl (C=O) groups excluding carboxylic acids is 1. The molecule has 2 unspecified atom stereocenters. The summed E-state index contributed by atoms with van der Waals surface area (Å²) in [4.78, 5) is 37.2. The van der Waals surface area contributed by atoms with Gasteiger partial charge in [-0.15, -0.1) is 0 Å². The third kappa shape index (κ3) is 4.51. The second kappa shape index (κ2) is 9.30. The number of carboxylic acid groups (broad SMARTS) is 1. The van der Waals surface area contributed by atoms with Crippen LogP contribution in [0.4, 0.5) is 5.69 Å². The molecule has 0 saturated carbocycles. The fourth-order valence-corrected chi connectivity index (χ4v) is 4.09. The molecule has 0 bridgehead atoms. The van der Waals surface area contributed by atoms with Crippen LogP contribution in [-0.2, 0) is 11.2 Å². The number of halogens is 1. The molecule has 4 rings (SSSR count). The van der Waals surface area contributed by atoms with Crippen LogP contribution in [0.5, 0.6) is 5.75 Å². The molecule has 8 nitrogen and oxygen atoms in total. The van der Waals surface area contributed by atoms with Crippen LogP contribution in [0.2, 0.25) is 5.02 Å². The number of benzene rings is 3. The van der Waals surface area contributed by atoms with Gasteiger partial charge in [-0.25, -0.2) is 4.79 Å². The van der Waals surface area contributed by atoms with E-state index < -0.39 is 23.0 Å². The smallest absolute Gasteiger partial charge is 0.335 e. The molecule has 3 aromatic rings. The predicted octanol–water partition coefficient (Wildman–Crippen LogP) is 4.52. The number of hydrogen-bond acceptors (Lipinski definition) is 5. The number of ether oxygens (including phenoxy) is 1. The van der Waals surface area contributed by atoms with Gasteiger partial charge in [0.05, 0.1) is 16.1 Å². The third-order valence-electron chi connectivity index (χ3n) is 5.55. The summed E-state index contributed by atoms with van der Waals surface area (Å²) in [6.07, 6.45) is -0.680. The monoisotopic (exact) mass is 466 g/mol. The van der Waals surface area contributed by atoms with Crippen LogP contribution in [0.15, 0.2) is 72.8 Å². The maximum absolute atomic E-state index is 13.0. The Kier molecular flexibility index (Phi) is 6.28. The minimum Gasteiger partial charge on any atom is -0.478 e. The molecule has 0 aliphatic carbocycles. The molecule has 1 amide bonds. The number of carboxylic acids is 1. The van der Waals surface area contributed by atoms with E-state index in [-0.39, 0.29) is 30.1 Å². The minimum atomic E-state index is -1.06. The van der Waals surface area contributed by atoms with E-state index in [1.165, 1.54) is 17.0 Å². The number of nitro benzene ring substituents is 1. The Labute approximate surface area is 194 Å². The van der Waals surface area contributed by atoms with E-state index in [2.05, 4.69) is 0 Å². The summed E-state index contributed by atoms with van der Waals surface area (Å²) in [5.74, 6) is -0.974. The molecule has 3 aromatic carbocycles. The molecular weight excluding hydrogens is 448 g/mol. The van der Waals surface area contributed by atoms with Gasteiger partial charge in [0.2, 0.25) is 6.10 Å². The normalized spacial score (nSPS) is 17.4. The molecule has 9 heteroatoms. The summed E-state index contributed by atoms with van der Waals surface area (Å²) in [6, 6.07) is 18.6. The van der Waals surface area contributed by atoms with Crippen molar-refractivity contribution in [2.24, 2.45) is 0 Å². The highest BCUT2D eigenvalue weighted by molar-refractivity contribution is 6.30. The van der Waals surface area contributed by atoms with Crippen LogP contribution in [0.3, 0.4) is 0 Å². The van der Waals surface area contributed by atoms with Gasteiger partial charge in [-0.05, 0) is 48.4 Å². The molecule has 2 atom stereocenters. The van der Waals surface area contributed by atoms with E-state index in [0.29, 0.717) is 21.9 Å². The summed E-state index contributed by atoms with van der Waals surface area (Å²) in [5.41, 5.74) is 0.964. The summed E-state index contributed by atoms with van der Waals surface area (Å²) in [6.45, 7) is 0.181. The number of likely N-dealkylation sites (tertiary alicyclic amines) is 1. The highest BCUT2D eigenvalue weighted by atomic mass is 35.5. The van der Waals surface area contributed by atoms with Gasteiger partial charge in [-0.2, -0.15) is 0 Å². The van der Waals surface area contributed by atoms with E-state index >= 15 is 0 Å². The van der Waals surface area contributed by atoms with Crippen LogP contribution in [0.25, 0.3) is 0 Å². The quantitative estimate of drug-likeness (QED) is 0.297. The second-order valence-corrected chi connectivity index (χ2v) is 7.93. The Hall–Kier alpha value is -3.91. The van der Waals surface area contributed by atoms with Crippen molar-refractivity contribution in [2.75, 3.05) is 6.54 Å². The Morgan fingerprint density at radius 3 is 2.42 bits per heavy atom. The van der Waals surface area contributed by atoms with E-state index in [0.717, 1.165) is 0 Å². The molecule has 1 aliphatic rings. The van der Waals surface area contributed by atoms with Crippen LogP contribution >= 0.6 is 11.6 Å². The zero-order valence-electron chi connectivity index (χ0n) is 17.3. The number of rotatable bonds is 8. The van der Waals surface area contributed by atoms with Gasteiger partial charge in [0.15, 0.2) is 0 Å². The van der Waals surface area contributed by atoms with Crippen molar-refractivity contribution in [3.8, 4) is 5.75 Å². The number of amides is 1. The van der Waals surface area contributed by atoms with Gasteiger partial charge < -0.3 is 14.7 Å². The molecule has 0 radical (unpaired) electrons. The Morgan fingerprint density at radius 2 is 1.73 bits per heavy atom. The fourth-order valence-electron chi connectivity index (χ4n) is 3.96. The number of nitrogens with zero attached hydrogens (tertiary/aromatic N) is 2. The predicted molar refractivity (Wildman–Crippen MR) is 121 cm³/mol. The van der Waals surface area contributed by atoms with Crippen molar-refractivity contribution in [2.45, 2.75) is 18.6 Å².